The van der Waals surface area contributed by atoms with Gasteiger partial charge in [0.1, 0.15) is 0 Å². The second-order valence-corrected chi connectivity index (χ2v) is 9.59. The van der Waals surface area contributed by atoms with Crippen LogP contribution in [0.4, 0.5) is 28.1 Å². The van der Waals surface area contributed by atoms with Crippen LogP contribution in [-0.4, -0.2) is 78.5 Å². The molecule has 0 saturated carbocycles. The van der Waals surface area contributed by atoms with Gasteiger partial charge >= 0.3 is 6.03 Å². The third-order valence-electron chi connectivity index (χ3n) is 6.69. The number of hydrogen-bond donors (Lipinski definition) is 3. The fraction of sp³-hybridized carbons (Fsp3) is 0.370. The van der Waals surface area contributed by atoms with Crippen LogP contribution in [-0.2, 0) is 9.47 Å². The Morgan fingerprint density at radius 2 is 1.28 bits per heavy atom. The van der Waals surface area contributed by atoms with Crippen molar-refractivity contribution in [3.05, 3.63) is 54.1 Å². The number of nitrogens with one attached hydrogen (secondary N) is 2. The van der Waals surface area contributed by atoms with Gasteiger partial charge in [0.15, 0.2) is 5.82 Å². The highest BCUT2D eigenvalue weighted by atomic mass is 16.5. The summed E-state index contributed by atoms with van der Waals surface area (Å²) < 4.78 is 11.2. The van der Waals surface area contributed by atoms with E-state index >= 15 is 0 Å². The summed E-state index contributed by atoms with van der Waals surface area (Å²) in [7, 11) is 0. The summed E-state index contributed by atoms with van der Waals surface area (Å²) in [6.07, 6.45) is 0. The van der Waals surface area contributed by atoms with Gasteiger partial charge in [-0.2, -0.15) is 15.0 Å². The third kappa shape index (κ3) is 6.24. The van der Waals surface area contributed by atoms with Crippen molar-refractivity contribution in [1.29, 1.82) is 0 Å². The lowest BCUT2D eigenvalue weighted by atomic mass is 10.2. The van der Waals surface area contributed by atoms with Crippen molar-refractivity contribution in [2.24, 2.45) is 5.73 Å². The molecule has 0 bridgehead atoms. The van der Waals surface area contributed by atoms with Gasteiger partial charge in [0.25, 0.3) is 0 Å². The van der Waals surface area contributed by atoms with Gasteiger partial charge in [0.05, 0.1) is 38.5 Å². The molecule has 2 saturated heterocycles. The van der Waals surface area contributed by atoms with Crippen molar-refractivity contribution >= 4 is 35.2 Å². The normalized spacial score (nSPS) is 19.4. The lowest BCUT2D eigenvalue weighted by Gasteiger charge is -2.36. The van der Waals surface area contributed by atoms with Crippen molar-refractivity contribution in [3.63, 3.8) is 0 Å². The molecule has 2 aromatic carbocycles. The molecule has 0 radical (unpaired) electrons. The fourth-order valence-corrected chi connectivity index (χ4v) is 4.50. The van der Waals surface area contributed by atoms with Gasteiger partial charge in [-0.1, -0.05) is 0 Å². The van der Waals surface area contributed by atoms with E-state index in [1.807, 2.05) is 12.1 Å². The summed E-state index contributed by atoms with van der Waals surface area (Å²) in [5, 5.41) is 5.54. The van der Waals surface area contributed by atoms with Gasteiger partial charge in [0.2, 0.25) is 17.8 Å². The van der Waals surface area contributed by atoms with Crippen LogP contribution in [0.1, 0.15) is 24.2 Å². The summed E-state index contributed by atoms with van der Waals surface area (Å²) in [6.45, 7) is 8.05. The first-order chi connectivity index (χ1) is 18.9. The molecule has 2 fully saturated rings. The number of amides is 3. The Morgan fingerprint density at radius 3 is 1.74 bits per heavy atom. The summed E-state index contributed by atoms with van der Waals surface area (Å²) in [5.74, 6) is 1.27. The number of rotatable bonds is 6. The number of anilines is 4. The molecule has 3 heterocycles. The van der Waals surface area contributed by atoms with Crippen molar-refractivity contribution in [1.82, 2.24) is 15.0 Å². The van der Waals surface area contributed by atoms with E-state index in [0.29, 0.717) is 74.2 Å². The van der Waals surface area contributed by atoms with Crippen LogP contribution in [0.2, 0.25) is 0 Å². The summed E-state index contributed by atoms with van der Waals surface area (Å²) in [5.41, 5.74) is 7.56. The standard InChI is InChI=1S/C27H32N8O4/c1-17-15-38-13-11-34(17)25-31-24(32-26(33-25)35-12-14-39-16-18(35)2)20-5-9-22(10-6-20)30-27(37)29-21-7-3-19(4-8-21)23(28)36/h3-10,17-18H,11-16H2,1-2H3,(H2,28,36)(H2,29,30,37)/t17-,18-/m1/s1. The van der Waals surface area contributed by atoms with Crippen LogP contribution in [0.25, 0.3) is 11.4 Å². The molecule has 204 valence electrons. The second kappa shape index (κ2) is 11.6. The zero-order chi connectivity index (χ0) is 27.4. The minimum Gasteiger partial charge on any atom is -0.377 e. The molecule has 5 rings (SSSR count). The molecule has 2 aliphatic heterocycles. The number of benzene rings is 2. The van der Waals surface area contributed by atoms with Crippen molar-refractivity contribution < 1.29 is 19.1 Å². The quantitative estimate of drug-likeness (QED) is 0.436. The molecular formula is C27H32N8O4. The van der Waals surface area contributed by atoms with Crippen LogP contribution >= 0.6 is 0 Å². The zero-order valence-corrected chi connectivity index (χ0v) is 22.0. The lowest BCUT2D eigenvalue weighted by Crippen LogP contribution is -2.46. The third-order valence-corrected chi connectivity index (χ3v) is 6.69. The number of carbonyl (C=O) groups is 2. The maximum atomic E-state index is 12.5. The highest BCUT2D eigenvalue weighted by molar-refractivity contribution is 6.00. The molecule has 0 unspecified atom stereocenters. The van der Waals surface area contributed by atoms with Gasteiger partial charge in [-0.15, -0.1) is 0 Å². The summed E-state index contributed by atoms with van der Waals surface area (Å²) in [6, 6.07) is 13.5. The van der Waals surface area contributed by atoms with Crippen molar-refractivity contribution in [2.75, 3.05) is 60.0 Å². The first-order valence-electron chi connectivity index (χ1n) is 12.9. The van der Waals surface area contributed by atoms with E-state index in [9.17, 15) is 9.59 Å². The number of primary amides is 1. The number of nitrogens with zero attached hydrogens (tertiary/aromatic N) is 5. The van der Waals surface area contributed by atoms with Crippen LogP contribution in [0, 0.1) is 0 Å². The van der Waals surface area contributed by atoms with E-state index < -0.39 is 11.9 Å². The zero-order valence-electron chi connectivity index (χ0n) is 22.0. The Bertz CT molecular complexity index is 1280. The van der Waals surface area contributed by atoms with Gasteiger partial charge < -0.3 is 35.6 Å². The maximum absolute atomic E-state index is 12.5. The number of hydrogen-bond acceptors (Lipinski definition) is 9. The van der Waals surface area contributed by atoms with Crippen LogP contribution in [0.5, 0.6) is 0 Å². The average molecular weight is 533 g/mol. The predicted octanol–water partition coefficient (Wildman–Crippen LogP) is 2.73. The first kappa shape index (κ1) is 26.3. The molecule has 2 aliphatic rings. The monoisotopic (exact) mass is 532 g/mol. The lowest BCUT2D eigenvalue weighted by molar-refractivity contribution is 0.0969. The van der Waals surface area contributed by atoms with Crippen molar-refractivity contribution in [2.45, 2.75) is 25.9 Å². The average Bonchev–Trinajstić information content (AvgIpc) is 2.94. The topological polar surface area (TPSA) is 148 Å². The number of urea groups is 1. The Hall–Kier alpha value is -4.29. The van der Waals surface area contributed by atoms with Gasteiger partial charge in [-0.05, 0) is 62.4 Å². The molecule has 3 amide bonds. The largest absolute Gasteiger partial charge is 0.377 e. The smallest absolute Gasteiger partial charge is 0.323 e. The highest BCUT2D eigenvalue weighted by Crippen LogP contribution is 2.26. The predicted molar refractivity (Wildman–Crippen MR) is 148 cm³/mol. The molecule has 0 spiro atoms. The van der Waals surface area contributed by atoms with E-state index in [1.165, 1.54) is 0 Å². The summed E-state index contributed by atoms with van der Waals surface area (Å²) >= 11 is 0. The van der Waals surface area contributed by atoms with Gasteiger partial charge in [0, 0.05) is 35.6 Å². The Morgan fingerprint density at radius 1 is 0.795 bits per heavy atom. The minimum atomic E-state index is -0.526. The first-order valence-corrected chi connectivity index (χ1v) is 12.9. The van der Waals surface area contributed by atoms with E-state index in [0.717, 1.165) is 5.56 Å². The summed E-state index contributed by atoms with van der Waals surface area (Å²) in [4.78, 5) is 42.5. The number of aromatic nitrogens is 3. The van der Waals surface area contributed by atoms with Crippen LogP contribution in [0.3, 0.4) is 0 Å². The molecule has 1 aromatic heterocycles. The number of ether oxygens (including phenoxy) is 2. The Labute approximate surface area is 226 Å². The molecule has 12 heteroatoms. The molecule has 3 aromatic rings. The van der Waals surface area contributed by atoms with E-state index in [4.69, 9.17) is 30.2 Å². The second-order valence-electron chi connectivity index (χ2n) is 9.59. The fourth-order valence-electron chi connectivity index (χ4n) is 4.50. The molecule has 39 heavy (non-hydrogen) atoms. The van der Waals surface area contributed by atoms with Crippen LogP contribution < -0.4 is 26.2 Å². The van der Waals surface area contributed by atoms with Crippen LogP contribution in [0.15, 0.2) is 48.5 Å². The molecule has 0 aliphatic carbocycles. The number of morpholine rings is 2. The van der Waals surface area contributed by atoms with E-state index in [1.54, 1.807) is 36.4 Å². The molecular weight excluding hydrogens is 500 g/mol. The highest BCUT2D eigenvalue weighted by Gasteiger charge is 2.27. The maximum Gasteiger partial charge on any atom is 0.323 e. The Balaban J connectivity index is 1.35. The molecule has 2 atom stereocenters. The molecule has 4 N–H and O–H groups in total. The van der Waals surface area contributed by atoms with Gasteiger partial charge in [-0.25, -0.2) is 4.79 Å². The molecule has 12 nitrogen and oxygen atoms in total. The Kier molecular flexibility index (Phi) is 7.84. The minimum absolute atomic E-state index is 0.140. The van der Waals surface area contributed by atoms with Crippen molar-refractivity contribution in [3.8, 4) is 11.4 Å². The van der Waals surface area contributed by atoms with E-state index in [-0.39, 0.29) is 12.1 Å². The van der Waals surface area contributed by atoms with Gasteiger partial charge in [-0.3, -0.25) is 4.79 Å². The van der Waals surface area contributed by atoms with E-state index in [2.05, 4.69) is 34.3 Å². The number of carbonyl (C=O) groups excluding carboxylic acids is 2. The SMILES string of the molecule is C[C@@H]1COCCN1c1nc(-c2ccc(NC(=O)Nc3ccc(C(N)=O)cc3)cc2)nc(N2CCOC[C@H]2C)n1. The number of nitrogens with two attached hydrogens (primary N) is 1.